The SMILES string of the molecule is CCCCCCCCCCCCCC(=O)N[C@@H](CCC(=O)OC[C@H]1O[C@@H](n2cc(C)c(=O)[nH]c2=O)CC1N=[N+]=[N-])C(=O)OC[C@@H]1O[C@H](n2ccc(N)nc2=O)CS1. The lowest BCUT2D eigenvalue weighted by atomic mass is 10.0. The van der Waals surface area contributed by atoms with Crippen LogP contribution in [0.1, 0.15) is 121 Å². The van der Waals surface area contributed by atoms with Crippen LogP contribution in [0.3, 0.4) is 0 Å². The molecule has 2 fully saturated rings. The first-order valence-electron chi connectivity index (χ1n) is 19.7. The molecule has 20 heteroatoms. The molecule has 1 amide bonds. The Morgan fingerprint density at radius 1 is 1.02 bits per heavy atom. The maximum atomic E-state index is 13.3. The molecule has 19 nitrogen and oxygen atoms in total. The van der Waals surface area contributed by atoms with E-state index < -0.39 is 65.0 Å². The Morgan fingerprint density at radius 3 is 2.40 bits per heavy atom. The summed E-state index contributed by atoms with van der Waals surface area (Å²) in [5.74, 6) is -1.34. The van der Waals surface area contributed by atoms with Crippen LogP contribution in [0.15, 0.2) is 38.0 Å². The van der Waals surface area contributed by atoms with Gasteiger partial charge in [0.25, 0.3) is 5.56 Å². The van der Waals surface area contributed by atoms with E-state index in [1.165, 1.54) is 91.2 Å². The van der Waals surface area contributed by atoms with E-state index in [9.17, 15) is 28.8 Å². The van der Waals surface area contributed by atoms with Gasteiger partial charge in [-0.3, -0.25) is 28.5 Å². The van der Waals surface area contributed by atoms with Crippen LogP contribution in [0.2, 0.25) is 0 Å². The Morgan fingerprint density at radius 2 is 1.72 bits per heavy atom. The molecule has 4 heterocycles. The summed E-state index contributed by atoms with van der Waals surface area (Å²) in [6.07, 6.45) is 12.7. The molecule has 2 saturated heterocycles. The molecule has 2 aromatic rings. The third-order valence-electron chi connectivity index (χ3n) is 9.79. The summed E-state index contributed by atoms with van der Waals surface area (Å²) in [7, 11) is 0. The van der Waals surface area contributed by atoms with Crippen LogP contribution in [0.4, 0.5) is 5.82 Å². The summed E-state index contributed by atoms with van der Waals surface area (Å²) in [5.41, 5.74) is 12.5. The average molecular weight is 818 g/mol. The van der Waals surface area contributed by atoms with Crippen LogP contribution < -0.4 is 28.0 Å². The smallest absolute Gasteiger partial charge is 0.351 e. The second-order valence-electron chi connectivity index (χ2n) is 14.3. The maximum absolute atomic E-state index is 13.3. The fourth-order valence-corrected chi connectivity index (χ4v) is 7.56. The van der Waals surface area contributed by atoms with E-state index in [0.717, 1.165) is 19.3 Å². The van der Waals surface area contributed by atoms with Gasteiger partial charge in [0, 0.05) is 47.9 Å². The highest BCUT2D eigenvalue weighted by Gasteiger charge is 2.37. The molecule has 1 unspecified atom stereocenters. The number of unbranched alkanes of at least 4 members (excludes halogenated alkanes) is 10. The van der Waals surface area contributed by atoms with Crippen molar-refractivity contribution in [3.63, 3.8) is 0 Å². The Kier molecular flexibility index (Phi) is 18.6. The normalized spacial score (nSPS) is 20.8. The third-order valence-corrected chi connectivity index (χ3v) is 10.9. The highest BCUT2D eigenvalue weighted by atomic mass is 32.2. The number of azide groups is 1. The molecule has 0 aromatic carbocycles. The summed E-state index contributed by atoms with van der Waals surface area (Å²) in [4.78, 5) is 84.5. The van der Waals surface area contributed by atoms with Crippen molar-refractivity contribution >= 4 is 35.4 Å². The van der Waals surface area contributed by atoms with Crippen LogP contribution in [-0.2, 0) is 33.3 Å². The molecule has 2 aliphatic heterocycles. The first-order chi connectivity index (χ1) is 27.5. The van der Waals surface area contributed by atoms with Crippen LogP contribution in [0.5, 0.6) is 0 Å². The first kappa shape index (κ1) is 45.1. The van der Waals surface area contributed by atoms with Crippen LogP contribution >= 0.6 is 11.8 Å². The topological polar surface area (TPSA) is 265 Å². The summed E-state index contributed by atoms with van der Waals surface area (Å²) in [5, 5.41) is 6.45. The average Bonchev–Trinajstić information content (AvgIpc) is 3.82. The van der Waals surface area contributed by atoms with Gasteiger partial charge in [-0.05, 0) is 31.4 Å². The van der Waals surface area contributed by atoms with Gasteiger partial charge in [0.15, 0.2) is 0 Å². The Balaban J connectivity index is 1.28. The predicted molar refractivity (Wildman–Crippen MR) is 211 cm³/mol. The van der Waals surface area contributed by atoms with E-state index in [1.54, 1.807) is 0 Å². The molecule has 2 aliphatic rings. The number of hydrogen-bond donors (Lipinski definition) is 3. The van der Waals surface area contributed by atoms with Crippen molar-refractivity contribution in [3.8, 4) is 0 Å². The first-order valence-corrected chi connectivity index (χ1v) is 20.8. The molecule has 4 N–H and O–H groups in total. The van der Waals surface area contributed by atoms with Crippen molar-refractivity contribution in [2.24, 2.45) is 5.11 Å². The number of carbonyl (C=O) groups is 3. The highest BCUT2D eigenvalue weighted by Crippen LogP contribution is 2.32. The summed E-state index contributed by atoms with van der Waals surface area (Å²) in [6, 6.07) is -0.469. The van der Waals surface area contributed by atoms with E-state index >= 15 is 0 Å². The minimum absolute atomic E-state index is 0.0846. The lowest BCUT2D eigenvalue weighted by molar-refractivity contribution is -0.153. The zero-order chi connectivity index (χ0) is 41.2. The monoisotopic (exact) mass is 817 g/mol. The summed E-state index contributed by atoms with van der Waals surface area (Å²) >= 11 is 1.34. The maximum Gasteiger partial charge on any atom is 0.351 e. The number of aromatic nitrogens is 4. The number of rotatable bonds is 24. The van der Waals surface area contributed by atoms with Crippen molar-refractivity contribution in [1.82, 2.24) is 24.4 Å². The molecule has 0 saturated carbocycles. The van der Waals surface area contributed by atoms with Crippen LogP contribution in [0.25, 0.3) is 10.4 Å². The number of nitrogens with one attached hydrogen (secondary N) is 2. The van der Waals surface area contributed by atoms with E-state index in [4.69, 9.17) is 30.2 Å². The fourth-order valence-electron chi connectivity index (χ4n) is 6.57. The van der Waals surface area contributed by atoms with Gasteiger partial charge in [0.2, 0.25) is 5.91 Å². The van der Waals surface area contributed by atoms with Gasteiger partial charge < -0.3 is 30.0 Å². The van der Waals surface area contributed by atoms with E-state index in [2.05, 4.69) is 32.2 Å². The zero-order valence-corrected chi connectivity index (χ0v) is 33.5. The van der Waals surface area contributed by atoms with Crippen molar-refractivity contribution in [1.29, 1.82) is 0 Å². The van der Waals surface area contributed by atoms with Gasteiger partial charge in [-0.1, -0.05) is 76.2 Å². The molecule has 0 bridgehead atoms. The van der Waals surface area contributed by atoms with Gasteiger partial charge in [-0.25, -0.2) is 14.4 Å². The lowest BCUT2D eigenvalue weighted by Crippen LogP contribution is -2.43. The number of amides is 1. The summed E-state index contributed by atoms with van der Waals surface area (Å²) < 4.78 is 25.2. The predicted octanol–water partition coefficient (Wildman–Crippen LogP) is 4.29. The number of thioether (sulfide) groups is 1. The molecule has 0 spiro atoms. The number of esters is 2. The van der Waals surface area contributed by atoms with E-state index in [-0.39, 0.29) is 56.2 Å². The van der Waals surface area contributed by atoms with Crippen molar-refractivity contribution in [3.05, 3.63) is 65.8 Å². The quantitative estimate of drug-likeness (QED) is 0.0439. The van der Waals surface area contributed by atoms with Crippen molar-refractivity contribution in [2.45, 2.75) is 146 Å². The fraction of sp³-hybridized carbons (Fsp3) is 0.703. The Hall–Kier alpha value is -4.65. The van der Waals surface area contributed by atoms with Crippen molar-refractivity contribution in [2.75, 3.05) is 24.7 Å². The largest absolute Gasteiger partial charge is 0.463 e. The molecule has 4 rings (SSSR count). The number of anilines is 1. The molecule has 57 heavy (non-hydrogen) atoms. The number of nitrogens with two attached hydrogens (primary N) is 1. The lowest BCUT2D eigenvalue weighted by Gasteiger charge is -2.20. The molecule has 0 aliphatic carbocycles. The van der Waals surface area contributed by atoms with Gasteiger partial charge in [-0.2, -0.15) is 4.98 Å². The van der Waals surface area contributed by atoms with Crippen LogP contribution in [-0.4, -0.2) is 79.5 Å². The Labute approximate surface area is 334 Å². The number of nitrogens with zero attached hydrogens (tertiary/aromatic N) is 6. The molecule has 6 atom stereocenters. The third kappa shape index (κ3) is 14.7. The van der Waals surface area contributed by atoms with Crippen molar-refractivity contribution < 1.29 is 33.3 Å². The van der Waals surface area contributed by atoms with Gasteiger partial charge in [0.1, 0.15) is 49.1 Å². The molecule has 2 aromatic heterocycles. The minimum atomic E-state index is -1.16. The molecular weight excluding hydrogens is 763 g/mol. The minimum Gasteiger partial charge on any atom is -0.463 e. The number of nitrogen functional groups attached to an aromatic ring is 1. The highest BCUT2D eigenvalue weighted by molar-refractivity contribution is 8.00. The van der Waals surface area contributed by atoms with E-state index in [0.29, 0.717) is 12.2 Å². The van der Waals surface area contributed by atoms with Crippen LogP contribution in [0, 0.1) is 6.92 Å². The standard InChI is InChI=1S/C37H55N9O10S/c1-3-4-5-6-7-8-9-10-11-12-13-14-29(47)40-25(35(50)54-22-33-56-31(23-57-33)45-18-17-28(38)41-36(45)51)15-16-32(48)53-21-27-26(43-44-39)19-30(55-27)46-20-24(2)34(49)42-37(46)52/h17-18,20,25-27,30-31,33H,3-16,19,21-23H2,1-2H3,(H,40,47)(H2,38,41,51)(H,42,49,52)/t25-,26?,27+,30+,31-,33+/m0/s1. The van der Waals surface area contributed by atoms with Gasteiger partial charge in [0.05, 0.1) is 6.04 Å². The summed E-state index contributed by atoms with van der Waals surface area (Å²) in [6.45, 7) is 3.24. The van der Waals surface area contributed by atoms with Gasteiger partial charge in [-0.15, -0.1) is 11.8 Å². The second kappa shape index (κ2) is 23.5. The Bertz CT molecular complexity index is 1860. The van der Waals surface area contributed by atoms with E-state index in [1.807, 2.05) is 0 Å². The molecular formula is C37H55N9O10S. The molecule has 0 radical (unpaired) electrons. The number of aryl methyl sites for hydroxylation is 1. The number of carbonyl (C=O) groups excluding carboxylic acids is 3. The second-order valence-corrected chi connectivity index (χ2v) is 15.5. The number of aromatic amines is 1. The number of hydrogen-bond acceptors (Lipinski definition) is 14. The number of H-pyrrole nitrogens is 1. The number of ether oxygens (including phenoxy) is 4. The van der Waals surface area contributed by atoms with Gasteiger partial charge >= 0.3 is 23.3 Å². The molecule has 314 valence electrons. The zero-order valence-electron chi connectivity index (χ0n) is 32.7.